The molecule has 0 saturated carbocycles. The molecule has 5 aliphatic rings. The molecule has 0 amide bonds. The van der Waals surface area contributed by atoms with Crippen molar-refractivity contribution in [3.8, 4) is 0 Å². The van der Waals surface area contributed by atoms with Crippen molar-refractivity contribution in [3.05, 3.63) is 60.8 Å². The van der Waals surface area contributed by atoms with Crippen LogP contribution in [0.25, 0.3) is 0 Å². The lowest BCUT2D eigenvalue weighted by Crippen LogP contribution is -2.56. The quantitative estimate of drug-likeness (QED) is 0.154. The van der Waals surface area contributed by atoms with Crippen molar-refractivity contribution in [2.24, 2.45) is 5.92 Å². The van der Waals surface area contributed by atoms with Gasteiger partial charge in [0.05, 0.1) is 36.6 Å². The van der Waals surface area contributed by atoms with Gasteiger partial charge in [-0.05, 0) is 13.0 Å². The van der Waals surface area contributed by atoms with Gasteiger partial charge in [-0.3, -0.25) is 10.1 Å². The summed E-state index contributed by atoms with van der Waals surface area (Å²) in [5.74, 6) is -5.40. The van der Waals surface area contributed by atoms with Crippen LogP contribution in [0.1, 0.15) is 39.0 Å². The molecule has 4 fully saturated rings. The minimum Gasteiger partial charge on any atom is -0.481 e. The summed E-state index contributed by atoms with van der Waals surface area (Å²) >= 11 is 0. The Morgan fingerprint density at radius 2 is 1.70 bits per heavy atom. The lowest BCUT2D eigenvalue weighted by atomic mass is 9.83. The van der Waals surface area contributed by atoms with Gasteiger partial charge in [-0.25, -0.2) is 4.79 Å². The van der Waals surface area contributed by atoms with Crippen molar-refractivity contribution in [2.75, 3.05) is 0 Å². The van der Waals surface area contributed by atoms with Gasteiger partial charge in [0.25, 0.3) is 0 Å². The normalized spacial score (nSPS) is 48.7. The number of nitrogens with one attached hydrogen (secondary N) is 1. The summed E-state index contributed by atoms with van der Waals surface area (Å²) in [6, 6.07) is -0.421. The number of carboxylic acids is 1. The van der Waals surface area contributed by atoms with Gasteiger partial charge in [-0.2, -0.15) is 0 Å². The molecule has 5 heterocycles. The average Bonchev–Trinajstić information content (AvgIpc) is 3.89. The number of aliphatic hydroxyl groups excluding tert-OH is 4. The van der Waals surface area contributed by atoms with Gasteiger partial charge in [-0.15, -0.1) is 0 Å². The van der Waals surface area contributed by atoms with Crippen molar-refractivity contribution < 1.29 is 63.9 Å². The molecule has 0 aromatic heterocycles. The van der Waals surface area contributed by atoms with E-state index in [-0.39, 0.29) is 25.4 Å². The molecule has 5 rings (SSSR count). The number of epoxide rings is 1. The molecule has 2 bridgehead atoms. The Morgan fingerprint density at radius 3 is 2.46 bits per heavy atom. The number of carbonyl (C=O) groups is 2. The minimum absolute atomic E-state index is 0.0871. The third-order valence-electron chi connectivity index (χ3n) is 8.53. The Hall–Kier alpha value is -2.76. The summed E-state index contributed by atoms with van der Waals surface area (Å²) < 4.78 is 28.5. The fourth-order valence-electron chi connectivity index (χ4n) is 6.07. The second kappa shape index (κ2) is 15.0. The first kappa shape index (κ1) is 34.6. The molecule has 4 saturated heterocycles. The van der Waals surface area contributed by atoms with E-state index in [1.807, 2.05) is 6.08 Å². The smallest absolute Gasteiger partial charge is 0.330 e. The molecular weight excluding hydrogens is 606 g/mol. The molecule has 0 spiro atoms. The number of cyclic esters (lactones) is 1. The number of esters is 1. The highest BCUT2D eigenvalue weighted by molar-refractivity contribution is 5.82. The van der Waals surface area contributed by atoms with Crippen molar-refractivity contribution in [1.82, 2.24) is 5.32 Å². The standard InChI is InChI=1S/C32H43NO13/c1-17-9-7-5-3-2-4-6-8-10-19(43-31-28(38)27(37)26-29(33-26)45-31)14-23-25(30(39)40)20(35)16-32(41,46-23)15-18(34)13-22-21(44-22)11-12-24(36)42-17/h2-8,10-12,17-23,25-29,31,33-35,37-38,41H,9,13-16H2,1H3,(H,39,40)/b3-2+,6-4+,7-5+,10-8+,12-11+/t17-,18+,19+,20+,21-,22?,23+,25-,26?,27?,28?,29+,31-,32-/m1/s1. The first-order chi connectivity index (χ1) is 21.9. The molecule has 0 aromatic carbocycles. The van der Waals surface area contributed by atoms with Crippen molar-refractivity contribution in [1.29, 1.82) is 0 Å². The number of carboxylic acid groups (broad SMARTS) is 1. The van der Waals surface area contributed by atoms with Crippen molar-refractivity contribution in [2.45, 2.75) is 118 Å². The van der Waals surface area contributed by atoms with Crippen LogP contribution in [0, 0.1) is 5.92 Å². The Balaban J connectivity index is 1.36. The maximum absolute atomic E-state index is 12.2. The predicted octanol–water partition coefficient (Wildman–Crippen LogP) is -0.298. The molecule has 4 unspecified atom stereocenters. The molecule has 0 aromatic rings. The number of rotatable bonds is 3. The van der Waals surface area contributed by atoms with E-state index in [0.717, 1.165) is 0 Å². The van der Waals surface area contributed by atoms with Crippen LogP contribution >= 0.6 is 0 Å². The summed E-state index contributed by atoms with van der Waals surface area (Å²) in [5, 5.41) is 66.8. The van der Waals surface area contributed by atoms with Gasteiger partial charge in [0.15, 0.2) is 12.1 Å². The Labute approximate surface area is 266 Å². The second-order valence-corrected chi connectivity index (χ2v) is 12.4. The molecular formula is C32H43NO13. The highest BCUT2D eigenvalue weighted by Gasteiger charge is 2.55. The average molecular weight is 650 g/mol. The number of ether oxygens (including phenoxy) is 5. The van der Waals surface area contributed by atoms with Crippen LogP contribution < -0.4 is 5.32 Å². The molecule has 254 valence electrons. The van der Waals surface area contributed by atoms with Gasteiger partial charge < -0.3 is 54.3 Å². The number of aliphatic carboxylic acids is 1. The fraction of sp³-hybridized carbons (Fsp3) is 0.625. The number of fused-ring (bicyclic) bond motifs is 4. The second-order valence-electron chi connectivity index (χ2n) is 12.4. The van der Waals surface area contributed by atoms with E-state index in [1.54, 1.807) is 49.5 Å². The van der Waals surface area contributed by atoms with E-state index in [4.69, 9.17) is 23.7 Å². The van der Waals surface area contributed by atoms with E-state index in [2.05, 4.69) is 5.32 Å². The monoisotopic (exact) mass is 649 g/mol. The molecule has 7 N–H and O–H groups in total. The molecule has 5 aliphatic heterocycles. The van der Waals surface area contributed by atoms with Gasteiger partial charge in [0.1, 0.15) is 36.6 Å². The molecule has 14 atom stereocenters. The first-order valence-corrected chi connectivity index (χ1v) is 15.6. The lowest BCUT2D eigenvalue weighted by Gasteiger charge is -2.44. The third kappa shape index (κ3) is 9.19. The summed E-state index contributed by atoms with van der Waals surface area (Å²) in [5.41, 5.74) is 0. The summed E-state index contributed by atoms with van der Waals surface area (Å²) in [7, 11) is 0. The van der Waals surface area contributed by atoms with Crippen LogP contribution in [-0.4, -0.2) is 122 Å². The van der Waals surface area contributed by atoms with E-state index >= 15 is 0 Å². The molecule has 0 radical (unpaired) electrons. The number of aliphatic hydroxyl groups is 5. The van der Waals surface area contributed by atoms with Crippen LogP contribution in [0.4, 0.5) is 0 Å². The van der Waals surface area contributed by atoms with Gasteiger partial charge in [0, 0.05) is 38.2 Å². The fourth-order valence-corrected chi connectivity index (χ4v) is 6.07. The van der Waals surface area contributed by atoms with Crippen LogP contribution in [0.15, 0.2) is 60.8 Å². The zero-order valence-corrected chi connectivity index (χ0v) is 25.4. The molecule has 0 aliphatic carbocycles. The van der Waals surface area contributed by atoms with Gasteiger partial charge in [0.2, 0.25) is 0 Å². The maximum atomic E-state index is 12.2. The number of hydrogen-bond acceptors (Lipinski definition) is 13. The van der Waals surface area contributed by atoms with Crippen LogP contribution in [-0.2, 0) is 33.3 Å². The van der Waals surface area contributed by atoms with Gasteiger partial charge >= 0.3 is 11.9 Å². The molecule has 46 heavy (non-hydrogen) atoms. The van der Waals surface area contributed by atoms with Crippen molar-refractivity contribution in [3.63, 3.8) is 0 Å². The summed E-state index contributed by atoms with van der Waals surface area (Å²) in [4.78, 5) is 24.4. The maximum Gasteiger partial charge on any atom is 0.330 e. The Bertz CT molecular complexity index is 1230. The first-order valence-electron chi connectivity index (χ1n) is 15.6. The van der Waals surface area contributed by atoms with E-state index in [1.165, 1.54) is 12.2 Å². The Kier molecular flexibility index (Phi) is 11.3. The van der Waals surface area contributed by atoms with E-state index in [0.29, 0.717) is 6.42 Å². The zero-order chi connectivity index (χ0) is 33.0. The van der Waals surface area contributed by atoms with Gasteiger partial charge in [-0.1, -0.05) is 48.6 Å². The van der Waals surface area contributed by atoms with Crippen LogP contribution in [0.3, 0.4) is 0 Å². The van der Waals surface area contributed by atoms with Crippen LogP contribution in [0.2, 0.25) is 0 Å². The number of hydrogen-bond donors (Lipinski definition) is 7. The topological polar surface area (TPSA) is 227 Å². The Morgan fingerprint density at radius 1 is 0.957 bits per heavy atom. The third-order valence-corrected chi connectivity index (χ3v) is 8.53. The number of allylic oxidation sites excluding steroid dienone is 6. The highest BCUT2D eigenvalue weighted by Crippen LogP contribution is 2.39. The number of carbonyl (C=O) groups excluding carboxylic acids is 1. The highest BCUT2D eigenvalue weighted by atomic mass is 16.7. The lowest BCUT2D eigenvalue weighted by molar-refractivity contribution is -0.305. The van der Waals surface area contributed by atoms with Crippen molar-refractivity contribution >= 4 is 11.9 Å². The zero-order valence-electron chi connectivity index (χ0n) is 25.4. The summed E-state index contributed by atoms with van der Waals surface area (Å²) in [6.45, 7) is 1.77. The largest absolute Gasteiger partial charge is 0.481 e. The minimum atomic E-state index is -2.09. The SMILES string of the molecule is C[C@@H]1C/C=C/C=C/C=C/C=C/[C@H](O[C@@H]2O[C@@H]3NC3C(O)C2O)C[C@@H]2O[C@](O)(C[C@@H](O)CC3O[C@@H]3/C=C/C(=O)O1)C[C@H](O)[C@H]2C(=O)O. The van der Waals surface area contributed by atoms with E-state index in [9.17, 15) is 40.2 Å². The van der Waals surface area contributed by atoms with Crippen LogP contribution in [0.5, 0.6) is 0 Å². The summed E-state index contributed by atoms with van der Waals surface area (Å²) in [6.07, 6.45) is 5.79. The van der Waals surface area contributed by atoms with E-state index < -0.39 is 97.5 Å². The predicted molar refractivity (Wildman–Crippen MR) is 158 cm³/mol. The molecule has 14 heteroatoms. The molecule has 14 nitrogen and oxygen atoms in total.